The molecular formula is C41H57B2N11O8. The van der Waals surface area contributed by atoms with Gasteiger partial charge in [-0.15, -0.1) is 0 Å². The summed E-state index contributed by atoms with van der Waals surface area (Å²) in [5.74, 6) is -5.00. The second-order valence-corrected chi connectivity index (χ2v) is 16.1. The van der Waals surface area contributed by atoms with Gasteiger partial charge in [0.1, 0.15) is 45.9 Å². The molecule has 330 valence electrons. The van der Waals surface area contributed by atoms with Gasteiger partial charge in [-0.25, -0.2) is 0 Å². The van der Waals surface area contributed by atoms with E-state index in [1.165, 1.54) is 11.8 Å². The summed E-state index contributed by atoms with van der Waals surface area (Å²) in [5, 5.41) is 37.2. The summed E-state index contributed by atoms with van der Waals surface area (Å²) >= 11 is 0. The minimum Gasteiger partial charge on any atom is -0.480 e. The van der Waals surface area contributed by atoms with Crippen molar-refractivity contribution in [2.24, 2.45) is 5.73 Å². The number of nitrogens with two attached hydrogens (primary N) is 1. The SMILES string of the molecule is Bc1cc(B)cc(C[C@H](NCC(=O)O)C(=O)N[C@H]2CCCNC(=O)[C@H](CCCNC(=N)N)NC(=O)[C@H](Cc3c[nH]c4ccccc34)NC(=O)[C@@H](C)NC(=O)[C@@H]3CCCN3C2=O)c1. The Kier molecular flexibility index (Phi) is 16.5. The molecule has 6 atom stereocenters. The average molecular weight is 854 g/mol. The average Bonchev–Trinajstić information content (AvgIpc) is 3.88. The van der Waals surface area contributed by atoms with Crippen LogP contribution in [0.15, 0.2) is 48.7 Å². The molecule has 2 saturated heterocycles. The molecule has 0 saturated carbocycles. The van der Waals surface area contributed by atoms with Crippen LogP contribution < -0.4 is 53.9 Å². The molecule has 0 unspecified atom stereocenters. The van der Waals surface area contributed by atoms with Gasteiger partial charge in [0.25, 0.3) is 0 Å². The summed E-state index contributed by atoms with van der Waals surface area (Å²) < 4.78 is 0. The number of amides is 6. The first-order valence-corrected chi connectivity index (χ1v) is 21.0. The Morgan fingerprint density at radius 2 is 1.68 bits per heavy atom. The number of aliphatic carboxylic acids is 1. The lowest BCUT2D eigenvalue weighted by Gasteiger charge is -2.31. The van der Waals surface area contributed by atoms with Crippen LogP contribution >= 0.6 is 0 Å². The second kappa shape index (κ2) is 21.9. The van der Waals surface area contributed by atoms with E-state index in [2.05, 4.69) is 42.2 Å². The third kappa shape index (κ3) is 13.1. The normalized spacial score (nSPS) is 22.2. The third-order valence-corrected chi connectivity index (χ3v) is 11.1. The fourth-order valence-corrected chi connectivity index (χ4v) is 8.04. The standard InChI is InChI=1S/C41H57B2N11O8/c1-22-35(57)53-32(18-24-20-48-28-8-3-2-7-27(24)28)38(60)51-29(9-4-13-47-41(44)45)36(58)46-12-5-10-30(40(62)54-14-6-11-33(54)39(61)50-22)52-37(59)31(49-21-34(55)56)17-23-15-25(42)19-26(43)16-23/h2-3,7-8,15-16,19-20,22,29-33,48-49H,4-6,9-14,17-18,21,42-43H2,1H3,(H,46,58)(H,50,61)(H,51,60)(H,52,59)(H,53,57)(H,55,56)(H4,44,45,47)/t22-,29+,30+,31+,32+,33+/m1/s1. The van der Waals surface area contributed by atoms with Crippen molar-refractivity contribution in [1.82, 2.24) is 47.1 Å². The van der Waals surface area contributed by atoms with Crippen LogP contribution in [-0.4, -0.2) is 140 Å². The number of nitrogens with zero attached hydrogens (tertiary/aromatic N) is 1. The number of carboxylic acid groups (broad SMARTS) is 1. The molecule has 2 aliphatic rings. The molecule has 19 nitrogen and oxygen atoms in total. The number of para-hydroxylation sites is 1. The summed E-state index contributed by atoms with van der Waals surface area (Å²) in [6.45, 7) is 1.44. The molecule has 1 aromatic heterocycles. The highest BCUT2D eigenvalue weighted by molar-refractivity contribution is 6.37. The van der Waals surface area contributed by atoms with E-state index in [1.54, 1.807) is 6.20 Å². The fraction of sp³-hybridized carbons (Fsp3) is 0.463. The van der Waals surface area contributed by atoms with E-state index in [0.717, 1.165) is 33.0 Å². The molecule has 3 aromatic rings. The molecule has 0 radical (unpaired) electrons. The number of aromatic nitrogens is 1. The van der Waals surface area contributed by atoms with E-state index in [-0.39, 0.29) is 57.7 Å². The number of carbonyl (C=O) groups excluding carboxylic acids is 6. The van der Waals surface area contributed by atoms with Gasteiger partial charge in [-0.1, -0.05) is 47.3 Å². The maximum absolute atomic E-state index is 14.4. The number of H-pyrrole nitrogens is 1. The molecule has 0 aliphatic carbocycles. The summed E-state index contributed by atoms with van der Waals surface area (Å²) in [4.78, 5) is 100. The number of rotatable bonds is 13. The summed E-state index contributed by atoms with van der Waals surface area (Å²) in [7, 11) is 3.83. The number of carbonyl (C=O) groups is 7. The number of nitrogens with one attached hydrogen (secondary N) is 9. The van der Waals surface area contributed by atoms with Crippen LogP contribution in [-0.2, 0) is 46.4 Å². The minimum absolute atomic E-state index is 0.0377. The zero-order valence-corrected chi connectivity index (χ0v) is 35.4. The molecule has 0 bridgehead atoms. The lowest BCUT2D eigenvalue weighted by atomic mass is 9.84. The summed E-state index contributed by atoms with van der Waals surface area (Å²) in [5.41, 5.74) is 9.72. The molecule has 2 aromatic carbocycles. The highest BCUT2D eigenvalue weighted by Crippen LogP contribution is 2.22. The Bertz CT molecular complexity index is 2130. The quantitative estimate of drug-likeness (QED) is 0.0338. The number of fused-ring (bicyclic) bond motifs is 2. The van der Waals surface area contributed by atoms with Crippen LogP contribution in [0.2, 0.25) is 0 Å². The lowest BCUT2D eigenvalue weighted by Crippen LogP contribution is -2.59. The second-order valence-electron chi connectivity index (χ2n) is 16.1. The van der Waals surface area contributed by atoms with Crippen molar-refractivity contribution in [2.75, 3.05) is 26.2 Å². The van der Waals surface area contributed by atoms with Crippen molar-refractivity contribution in [3.8, 4) is 0 Å². The Hall–Kier alpha value is -6.37. The number of carboxylic acids is 1. The van der Waals surface area contributed by atoms with E-state index in [4.69, 9.17) is 11.1 Å². The first kappa shape index (κ1) is 46.7. The fourth-order valence-electron chi connectivity index (χ4n) is 8.04. The van der Waals surface area contributed by atoms with Crippen molar-refractivity contribution in [3.05, 3.63) is 59.8 Å². The van der Waals surface area contributed by atoms with Crippen LogP contribution in [0.1, 0.15) is 56.6 Å². The molecule has 0 spiro atoms. The van der Waals surface area contributed by atoms with Crippen molar-refractivity contribution in [2.45, 2.75) is 94.5 Å². The Morgan fingerprint density at radius 3 is 2.40 bits per heavy atom. The Morgan fingerprint density at radius 1 is 0.952 bits per heavy atom. The number of hydrogen-bond acceptors (Lipinski definition) is 9. The molecule has 5 rings (SSSR count). The van der Waals surface area contributed by atoms with Crippen LogP contribution in [0.5, 0.6) is 0 Å². The first-order chi connectivity index (χ1) is 29.6. The van der Waals surface area contributed by atoms with Gasteiger partial charge in [0.2, 0.25) is 35.4 Å². The zero-order chi connectivity index (χ0) is 44.9. The lowest BCUT2D eigenvalue weighted by molar-refractivity contribution is -0.142. The van der Waals surface area contributed by atoms with Crippen molar-refractivity contribution >= 4 is 84.9 Å². The van der Waals surface area contributed by atoms with Gasteiger partial charge in [0.05, 0.1) is 12.6 Å². The number of aromatic amines is 1. The molecule has 12 N–H and O–H groups in total. The van der Waals surface area contributed by atoms with Gasteiger partial charge >= 0.3 is 5.97 Å². The van der Waals surface area contributed by atoms with Crippen LogP contribution in [0.4, 0.5) is 0 Å². The van der Waals surface area contributed by atoms with E-state index in [0.29, 0.717) is 19.3 Å². The van der Waals surface area contributed by atoms with E-state index < -0.39 is 84.2 Å². The Balaban J connectivity index is 1.41. The minimum atomic E-state index is -1.17. The summed E-state index contributed by atoms with van der Waals surface area (Å²) in [6.07, 6.45) is 3.41. The molecule has 2 aliphatic heterocycles. The van der Waals surface area contributed by atoms with Crippen LogP contribution in [0.3, 0.4) is 0 Å². The topological polar surface area (TPSA) is 293 Å². The van der Waals surface area contributed by atoms with Crippen molar-refractivity contribution in [1.29, 1.82) is 5.41 Å². The van der Waals surface area contributed by atoms with E-state index in [9.17, 15) is 38.7 Å². The monoisotopic (exact) mass is 853 g/mol. The van der Waals surface area contributed by atoms with Gasteiger partial charge in [-0.05, 0) is 69.1 Å². The molecule has 21 heteroatoms. The highest BCUT2D eigenvalue weighted by Gasteiger charge is 2.39. The molecule has 3 heterocycles. The molecule has 6 amide bonds. The van der Waals surface area contributed by atoms with E-state index in [1.807, 2.05) is 58.2 Å². The number of hydrogen-bond donors (Lipinski definition) is 11. The smallest absolute Gasteiger partial charge is 0.317 e. The van der Waals surface area contributed by atoms with E-state index >= 15 is 0 Å². The van der Waals surface area contributed by atoms with Gasteiger partial charge in [0, 0.05) is 43.2 Å². The first-order valence-electron chi connectivity index (χ1n) is 21.0. The summed E-state index contributed by atoms with van der Waals surface area (Å²) in [6, 6.07) is 6.70. The third-order valence-electron chi connectivity index (χ3n) is 11.1. The van der Waals surface area contributed by atoms with Crippen LogP contribution in [0, 0.1) is 5.41 Å². The van der Waals surface area contributed by atoms with Gasteiger partial charge < -0.3 is 52.6 Å². The predicted molar refractivity (Wildman–Crippen MR) is 237 cm³/mol. The molecular weight excluding hydrogens is 796 g/mol. The van der Waals surface area contributed by atoms with Crippen LogP contribution in [0.25, 0.3) is 10.9 Å². The van der Waals surface area contributed by atoms with Crippen molar-refractivity contribution < 1.29 is 38.7 Å². The molecule has 62 heavy (non-hydrogen) atoms. The van der Waals surface area contributed by atoms with Gasteiger partial charge in [-0.3, -0.25) is 44.3 Å². The predicted octanol–water partition coefficient (Wildman–Crippen LogP) is -4.36. The van der Waals surface area contributed by atoms with Gasteiger partial charge in [-0.2, -0.15) is 0 Å². The number of guanidine groups is 1. The maximum atomic E-state index is 14.4. The highest BCUT2D eigenvalue weighted by atomic mass is 16.4. The zero-order valence-electron chi connectivity index (χ0n) is 35.4. The van der Waals surface area contributed by atoms with Gasteiger partial charge in [0.15, 0.2) is 5.96 Å². The Labute approximate surface area is 361 Å². The molecule has 2 fully saturated rings. The number of benzene rings is 2. The van der Waals surface area contributed by atoms with Crippen molar-refractivity contribution in [3.63, 3.8) is 0 Å². The maximum Gasteiger partial charge on any atom is 0.317 e. The largest absolute Gasteiger partial charge is 0.480 e.